The summed E-state index contributed by atoms with van der Waals surface area (Å²) in [6.07, 6.45) is 0.991. The lowest BCUT2D eigenvalue weighted by Gasteiger charge is -2.70. The third-order valence-corrected chi connectivity index (χ3v) is 8.90. The second-order valence-corrected chi connectivity index (χ2v) is 11.4. The van der Waals surface area contributed by atoms with E-state index in [4.69, 9.17) is 14.2 Å². The summed E-state index contributed by atoms with van der Waals surface area (Å²) in [7, 11) is 0. The fourth-order valence-electron chi connectivity index (χ4n) is 7.44. The minimum atomic E-state index is -2.04. The molecule has 4 aliphatic rings. The molecule has 2 aliphatic heterocycles. The molecule has 0 aromatic heterocycles. The molecule has 0 aromatic carbocycles. The monoisotopic (exact) mass is 438 g/mol. The van der Waals surface area contributed by atoms with Crippen LogP contribution in [0, 0.1) is 16.7 Å². The lowest BCUT2D eigenvalue weighted by molar-refractivity contribution is -0.359. The number of aliphatic hydroxyl groups excluding tert-OH is 1. The van der Waals surface area contributed by atoms with Crippen LogP contribution in [0.25, 0.3) is 0 Å². The summed E-state index contributed by atoms with van der Waals surface area (Å²) in [5.41, 5.74) is -6.25. The Morgan fingerprint density at radius 3 is 2.39 bits per heavy atom. The molecule has 176 valence electrons. The molecule has 31 heavy (non-hydrogen) atoms. The Labute approximate surface area is 184 Å². The lowest BCUT2D eigenvalue weighted by atomic mass is 9.40. The van der Waals surface area contributed by atoms with Crippen molar-refractivity contribution in [3.05, 3.63) is 12.7 Å². The zero-order chi connectivity index (χ0) is 23.3. The van der Waals surface area contributed by atoms with E-state index in [9.17, 15) is 20.1 Å². The van der Waals surface area contributed by atoms with E-state index >= 15 is 0 Å². The van der Waals surface area contributed by atoms with E-state index < -0.39 is 58.2 Å². The molecule has 7 heteroatoms. The van der Waals surface area contributed by atoms with Gasteiger partial charge in [-0.15, -0.1) is 6.58 Å². The molecular weight excluding hydrogens is 400 g/mol. The molecule has 0 bridgehead atoms. The average molecular weight is 439 g/mol. The smallest absolute Gasteiger partial charge is 0.281 e. The van der Waals surface area contributed by atoms with Gasteiger partial charge in [-0.2, -0.15) is 0 Å². The number of hydrogen-bond acceptors (Lipinski definition) is 7. The van der Waals surface area contributed by atoms with Gasteiger partial charge in [-0.3, -0.25) is 4.79 Å². The summed E-state index contributed by atoms with van der Waals surface area (Å²) in [5, 5.41) is 34.8. The van der Waals surface area contributed by atoms with Crippen LogP contribution in [-0.4, -0.2) is 62.2 Å². The van der Waals surface area contributed by atoms with Crippen LogP contribution in [0.4, 0.5) is 0 Å². The van der Waals surface area contributed by atoms with Crippen LogP contribution in [0.5, 0.6) is 0 Å². The Hall–Kier alpha value is -0.830. The van der Waals surface area contributed by atoms with Crippen molar-refractivity contribution in [2.75, 3.05) is 0 Å². The molecule has 0 amide bonds. The van der Waals surface area contributed by atoms with Crippen molar-refractivity contribution < 1.29 is 34.3 Å². The fraction of sp³-hybridized carbons (Fsp3) is 0.875. The molecule has 9 atom stereocenters. The molecule has 2 heterocycles. The Morgan fingerprint density at radius 2 is 1.81 bits per heavy atom. The largest absolute Gasteiger partial charge is 0.392 e. The Kier molecular flexibility index (Phi) is 4.98. The van der Waals surface area contributed by atoms with E-state index in [1.165, 1.54) is 0 Å². The first kappa shape index (κ1) is 23.3. The summed E-state index contributed by atoms with van der Waals surface area (Å²) in [6, 6.07) is 0. The highest BCUT2D eigenvalue weighted by molar-refractivity contribution is 5.92. The molecule has 2 aliphatic carbocycles. The Balaban J connectivity index is 1.98. The molecule has 0 aromatic rings. The second kappa shape index (κ2) is 6.61. The van der Waals surface area contributed by atoms with Crippen molar-refractivity contribution in [1.82, 2.24) is 0 Å². The number of hydrogen-bond donors (Lipinski definition) is 3. The molecular formula is C24H38O7. The normalized spacial score (nSPS) is 55.8. The molecule has 2 saturated heterocycles. The molecule has 0 radical (unpaired) electrons. The van der Waals surface area contributed by atoms with E-state index in [-0.39, 0.29) is 18.3 Å². The number of carbonyl (C=O) groups is 1. The number of carbonyl (C=O) groups excluding carboxylic acids is 1. The minimum absolute atomic E-state index is 0.0600. The van der Waals surface area contributed by atoms with Crippen LogP contribution in [0.1, 0.15) is 73.6 Å². The fourth-order valence-corrected chi connectivity index (χ4v) is 7.44. The maximum Gasteiger partial charge on any atom is 0.281 e. The van der Waals surface area contributed by atoms with Crippen molar-refractivity contribution >= 4 is 5.78 Å². The van der Waals surface area contributed by atoms with Crippen LogP contribution in [-0.2, 0) is 19.0 Å². The molecule has 3 N–H and O–H groups in total. The van der Waals surface area contributed by atoms with Crippen LogP contribution in [0.3, 0.4) is 0 Å². The SMILES string of the molecule is C=C[C@@]1(C)CC(=O)[C@]2(O)[C@@]3(C)[C@@H](O)CCC(C)(C)[C@@H]3[C@H]3OC(O)(CCC)O[C@H]3[C@@]2(C)O1. The maximum atomic E-state index is 13.8. The van der Waals surface area contributed by atoms with Crippen molar-refractivity contribution in [3.8, 4) is 0 Å². The third-order valence-electron chi connectivity index (χ3n) is 8.90. The van der Waals surface area contributed by atoms with Crippen LogP contribution in [0.15, 0.2) is 12.7 Å². The average Bonchev–Trinajstić information content (AvgIpc) is 3.00. The van der Waals surface area contributed by atoms with E-state index in [1.54, 1.807) is 26.8 Å². The van der Waals surface area contributed by atoms with E-state index in [0.29, 0.717) is 19.3 Å². The number of aliphatic hydroxyl groups is 3. The summed E-state index contributed by atoms with van der Waals surface area (Å²) >= 11 is 0. The van der Waals surface area contributed by atoms with Gasteiger partial charge in [0.15, 0.2) is 11.4 Å². The van der Waals surface area contributed by atoms with Gasteiger partial charge in [-0.25, -0.2) is 0 Å². The summed E-state index contributed by atoms with van der Waals surface area (Å²) in [4.78, 5) is 13.8. The zero-order valence-corrected chi connectivity index (χ0v) is 19.6. The van der Waals surface area contributed by atoms with Crippen molar-refractivity contribution in [3.63, 3.8) is 0 Å². The van der Waals surface area contributed by atoms with E-state index in [1.807, 2.05) is 6.92 Å². The second-order valence-electron chi connectivity index (χ2n) is 11.4. The van der Waals surface area contributed by atoms with Gasteiger partial charge in [0, 0.05) is 24.2 Å². The van der Waals surface area contributed by atoms with Crippen molar-refractivity contribution in [1.29, 1.82) is 0 Å². The molecule has 4 rings (SSSR count). The van der Waals surface area contributed by atoms with Crippen LogP contribution in [0.2, 0.25) is 0 Å². The highest BCUT2D eigenvalue weighted by atomic mass is 16.9. The number of fused-ring (bicyclic) bond motifs is 6. The van der Waals surface area contributed by atoms with Gasteiger partial charge in [-0.1, -0.05) is 33.8 Å². The minimum Gasteiger partial charge on any atom is -0.392 e. The summed E-state index contributed by atoms with van der Waals surface area (Å²) in [6.45, 7) is 15.1. The van der Waals surface area contributed by atoms with Gasteiger partial charge >= 0.3 is 0 Å². The molecule has 2 saturated carbocycles. The highest BCUT2D eigenvalue weighted by Crippen LogP contribution is 2.69. The van der Waals surface area contributed by atoms with Gasteiger partial charge in [0.2, 0.25) is 0 Å². The van der Waals surface area contributed by atoms with Crippen LogP contribution < -0.4 is 0 Å². The molecule has 0 spiro atoms. The quantitative estimate of drug-likeness (QED) is 0.581. The third kappa shape index (κ3) is 2.71. The first-order valence-electron chi connectivity index (χ1n) is 11.5. The zero-order valence-electron chi connectivity index (χ0n) is 19.6. The molecule has 1 unspecified atom stereocenters. The first-order chi connectivity index (χ1) is 14.1. The maximum absolute atomic E-state index is 13.8. The number of ketones is 1. The van der Waals surface area contributed by atoms with Gasteiger partial charge in [0.25, 0.3) is 5.97 Å². The summed E-state index contributed by atoms with van der Waals surface area (Å²) < 4.78 is 18.8. The van der Waals surface area contributed by atoms with E-state index in [0.717, 1.165) is 0 Å². The number of rotatable bonds is 3. The predicted molar refractivity (Wildman–Crippen MR) is 113 cm³/mol. The van der Waals surface area contributed by atoms with Crippen molar-refractivity contribution in [2.24, 2.45) is 16.7 Å². The Morgan fingerprint density at radius 1 is 1.16 bits per heavy atom. The molecule has 4 fully saturated rings. The standard InChI is InChI=1S/C24H38O7/c1-8-11-23(27)29-16-17-19(3,4)12-10-14(25)21(17,6)24(28)15(26)13-20(5,9-2)31-22(24,7)18(16)30-23/h9,14,16-18,25,27-28H,2,8,10-13H2,1,3-7H3/t14-,16+,17-,18+,20-,21-,22+,23?,24-/m0/s1. The highest BCUT2D eigenvalue weighted by Gasteiger charge is 2.83. The Bertz CT molecular complexity index is 797. The topological polar surface area (TPSA) is 105 Å². The van der Waals surface area contributed by atoms with Crippen LogP contribution >= 0.6 is 0 Å². The van der Waals surface area contributed by atoms with Gasteiger partial charge in [-0.05, 0) is 38.5 Å². The molecule has 7 nitrogen and oxygen atoms in total. The van der Waals surface area contributed by atoms with Gasteiger partial charge in [0.1, 0.15) is 11.7 Å². The number of ether oxygens (including phenoxy) is 3. The number of Topliss-reactive ketones (excluding diaryl/α,β-unsaturated/α-hetero) is 1. The van der Waals surface area contributed by atoms with Crippen molar-refractivity contribution in [2.45, 2.75) is 115 Å². The lowest BCUT2D eigenvalue weighted by Crippen LogP contribution is -2.86. The van der Waals surface area contributed by atoms with E-state index in [2.05, 4.69) is 20.4 Å². The van der Waals surface area contributed by atoms with Gasteiger partial charge in [0.05, 0.1) is 17.8 Å². The van der Waals surface area contributed by atoms with Gasteiger partial charge < -0.3 is 29.5 Å². The predicted octanol–water partition coefficient (Wildman–Crippen LogP) is 2.46. The summed E-state index contributed by atoms with van der Waals surface area (Å²) in [5.74, 6) is -2.69. The first-order valence-corrected chi connectivity index (χ1v) is 11.5.